The van der Waals surface area contributed by atoms with Crippen LogP contribution in [-0.4, -0.2) is 16.2 Å². The standard InChI is InChI=1S/C6H5AsF/c8-7-6-4-2-1-3-5-6/h1-5H/q+1. The van der Waals surface area contributed by atoms with Crippen molar-refractivity contribution in [1.82, 2.24) is 0 Å². The summed E-state index contributed by atoms with van der Waals surface area (Å²) in [5, 5.41) is 0. The second-order valence-electron chi connectivity index (χ2n) is 1.42. The molecule has 0 amide bonds. The summed E-state index contributed by atoms with van der Waals surface area (Å²) in [5.74, 6) is 0. The molecule has 1 aromatic carbocycles. The zero-order chi connectivity index (χ0) is 5.82. The van der Waals surface area contributed by atoms with Crippen molar-refractivity contribution in [2.75, 3.05) is 0 Å². The molecule has 40 valence electrons. The normalized spacial score (nSPS) is 10.6. The van der Waals surface area contributed by atoms with Gasteiger partial charge in [-0.1, -0.05) is 0 Å². The Morgan fingerprint density at radius 1 is 1.12 bits per heavy atom. The molecule has 0 spiro atoms. The zero-order valence-corrected chi connectivity index (χ0v) is 6.09. The molecule has 0 aliphatic carbocycles. The first kappa shape index (κ1) is 5.84. The van der Waals surface area contributed by atoms with Gasteiger partial charge in [-0.2, -0.15) is 0 Å². The van der Waals surface area contributed by atoms with E-state index in [1.807, 2.05) is 18.2 Å². The molecule has 1 rings (SSSR count). The third kappa shape index (κ3) is 1.34. The van der Waals surface area contributed by atoms with Gasteiger partial charge in [0.25, 0.3) is 0 Å². The number of hydrogen-bond donors (Lipinski definition) is 0. The van der Waals surface area contributed by atoms with E-state index in [2.05, 4.69) is 0 Å². The number of benzene rings is 1. The van der Waals surface area contributed by atoms with Crippen LogP contribution in [0.3, 0.4) is 0 Å². The van der Waals surface area contributed by atoms with E-state index in [0.717, 1.165) is 4.35 Å². The van der Waals surface area contributed by atoms with Crippen molar-refractivity contribution in [2.24, 2.45) is 0 Å². The van der Waals surface area contributed by atoms with Gasteiger partial charge in [0.1, 0.15) is 0 Å². The van der Waals surface area contributed by atoms with Crippen molar-refractivity contribution in [3.63, 3.8) is 0 Å². The van der Waals surface area contributed by atoms with Crippen LogP contribution >= 0.6 is 0 Å². The van der Waals surface area contributed by atoms with Crippen molar-refractivity contribution < 1.29 is 3.47 Å². The maximum absolute atomic E-state index is 11.8. The summed E-state index contributed by atoms with van der Waals surface area (Å²) in [5.41, 5.74) is 0. The van der Waals surface area contributed by atoms with E-state index in [-0.39, 0.29) is 0 Å². The van der Waals surface area contributed by atoms with E-state index < -0.39 is 16.2 Å². The van der Waals surface area contributed by atoms with Crippen molar-refractivity contribution >= 4 is 20.6 Å². The Kier molecular flexibility index (Phi) is 2.10. The van der Waals surface area contributed by atoms with E-state index in [9.17, 15) is 3.47 Å². The van der Waals surface area contributed by atoms with Crippen molar-refractivity contribution in [3.8, 4) is 0 Å². The Morgan fingerprint density at radius 3 is 2.12 bits per heavy atom. The molecule has 8 heavy (non-hydrogen) atoms. The van der Waals surface area contributed by atoms with E-state index in [4.69, 9.17) is 0 Å². The average Bonchev–Trinajstić information content (AvgIpc) is 1.90. The minimum absolute atomic E-state index is 0.837. The first-order valence-electron chi connectivity index (χ1n) is 2.30. The summed E-state index contributed by atoms with van der Waals surface area (Å²) >= 11 is -1.07. The van der Waals surface area contributed by atoms with Crippen LogP contribution < -0.4 is 4.35 Å². The summed E-state index contributed by atoms with van der Waals surface area (Å²) in [6.07, 6.45) is 0. The van der Waals surface area contributed by atoms with Crippen molar-refractivity contribution in [1.29, 1.82) is 0 Å². The van der Waals surface area contributed by atoms with Gasteiger partial charge in [-0.3, -0.25) is 0 Å². The van der Waals surface area contributed by atoms with Gasteiger partial charge in [0, 0.05) is 0 Å². The second-order valence-corrected chi connectivity index (χ2v) is 2.86. The van der Waals surface area contributed by atoms with Crippen molar-refractivity contribution in [3.05, 3.63) is 30.3 Å². The van der Waals surface area contributed by atoms with Crippen LogP contribution in [0.1, 0.15) is 0 Å². The van der Waals surface area contributed by atoms with Gasteiger partial charge < -0.3 is 0 Å². The minimum atomic E-state index is -1.07. The summed E-state index contributed by atoms with van der Waals surface area (Å²) in [7, 11) is 0. The molecule has 2 radical (unpaired) electrons. The van der Waals surface area contributed by atoms with E-state index in [1.54, 1.807) is 12.1 Å². The van der Waals surface area contributed by atoms with Gasteiger partial charge >= 0.3 is 54.4 Å². The Labute approximate surface area is 54.9 Å². The van der Waals surface area contributed by atoms with Crippen LogP contribution in [0, 0.1) is 0 Å². The molecular weight excluding hydrogens is 166 g/mol. The fraction of sp³-hybridized carbons (Fsp3) is 0. The molecule has 0 bridgehead atoms. The monoisotopic (exact) mass is 171 g/mol. The summed E-state index contributed by atoms with van der Waals surface area (Å²) in [6.45, 7) is 0. The van der Waals surface area contributed by atoms with E-state index in [1.165, 1.54) is 0 Å². The van der Waals surface area contributed by atoms with Gasteiger partial charge in [-0.05, 0) is 0 Å². The van der Waals surface area contributed by atoms with Gasteiger partial charge in [-0.25, -0.2) is 0 Å². The third-order valence-corrected chi connectivity index (χ3v) is 1.89. The molecule has 0 fully saturated rings. The van der Waals surface area contributed by atoms with Crippen LogP contribution in [-0.2, 0) is 0 Å². The number of halogens is 1. The number of hydrogen-bond acceptors (Lipinski definition) is 0. The molecule has 0 aliphatic heterocycles. The zero-order valence-electron chi connectivity index (χ0n) is 4.21. The van der Waals surface area contributed by atoms with Crippen LogP contribution in [0.15, 0.2) is 30.3 Å². The number of rotatable bonds is 1. The Balaban J connectivity index is 2.83. The van der Waals surface area contributed by atoms with Gasteiger partial charge in [0.2, 0.25) is 0 Å². The quantitative estimate of drug-likeness (QED) is 0.550. The molecule has 0 aliphatic rings. The predicted octanol–water partition coefficient (Wildman–Crippen LogP) is 0.901. The summed E-state index contributed by atoms with van der Waals surface area (Å²) in [4.78, 5) is 0. The molecule has 0 atom stereocenters. The molecule has 0 unspecified atom stereocenters. The SMILES string of the molecule is F[As+]c1ccccc1. The van der Waals surface area contributed by atoms with Crippen molar-refractivity contribution in [2.45, 2.75) is 0 Å². The summed E-state index contributed by atoms with van der Waals surface area (Å²) < 4.78 is 12.7. The molecule has 0 heterocycles. The second kappa shape index (κ2) is 2.88. The molecule has 0 nitrogen and oxygen atoms in total. The molecule has 2 heteroatoms. The molecular formula is C6H5AsF+. The third-order valence-electron chi connectivity index (χ3n) is 0.854. The molecule has 1 aromatic rings. The molecule has 0 saturated carbocycles. The maximum atomic E-state index is 11.8. The molecule has 0 N–H and O–H groups in total. The first-order chi connectivity index (χ1) is 3.93. The van der Waals surface area contributed by atoms with Gasteiger partial charge in [0.05, 0.1) is 0 Å². The molecule has 0 saturated heterocycles. The fourth-order valence-corrected chi connectivity index (χ4v) is 1.08. The Hall–Kier alpha value is -0.292. The molecule has 0 aromatic heterocycles. The van der Waals surface area contributed by atoms with Gasteiger partial charge in [-0.15, -0.1) is 0 Å². The van der Waals surface area contributed by atoms with Crippen LogP contribution in [0.2, 0.25) is 0 Å². The first-order valence-corrected chi connectivity index (χ1v) is 3.95. The fourth-order valence-electron chi connectivity index (χ4n) is 0.484. The van der Waals surface area contributed by atoms with E-state index >= 15 is 0 Å². The summed E-state index contributed by atoms with van der Waals surface area (Å²) in [6, 6.07) is 9.20. The van der Waals surface area contributed by atoms with Gasteiger partial charge in [0.15, 0.2) is 0 Å². The van der Waals surface area contributed by atoms with E-state index in [0.29, 0.717) is 0 Å². The Morgan fingerprint density at radius 2 is 1.75 bits per heavy atom. The van der Waals surface area contributed by atoms with Crippen LogP contribution in [0.25, 0.3) is 0 Å². The average molecular weight is 171 g/mol. The van der Waals surface area contributed by atoms with Crippen LogP contribution in [0.4, 0.5) is 3.47 Å². The topological polar surface area (TPSA) is 0 Å². The Bertz CT molecular complexity index is 150. The van der Waals surface area contributed by atoms with Crippen LogP contribution in [0.5, 0.6) is 0 Å². The predicted molar refractivity (Wildman–Crippen MR) is 32.9 cm³/mol.